The van der Waals surface area contributed by atoms with Crippen LogP contribution < -0.4 is 20.3 Å². The number of methoxy groups -OCH3 is 2. The van der Waals surface area contributed by atoms with Crippen LogP contribution >= 0.6 is 23.2 Å². The van der Waals surface area contributed by atoms with Gasteiger partial charge in [-0.25, -0.2) is 4.98 Å². The Morgan fingerprint density at radius 2 is 1.74 bits per heavy atom. The molecule has 46 heavy (non-hydrogen) atoms. The van der Waals surface area contributed by atoms with E-state index in [4.69, 9.17) is 37.7 Å². The van der Waals surface area contributed by atoms with E-state index in [1.54, 1.807) is 42.9 Å². The topological polar surface area (TPSA) is 111 Å². The van der Waals surface area contributed by atoms with Gasteiger partial charge in [-0.2, -0.15) is 4.98 Å². The summed E-state index contributed by atoms with van der Waals surface area (Å²) in [5.74, 6) is 0.865. The van der Waals surface area contributed by atoms with Gasteiger partial charge in [0.15, 0.2) is 5.78 Å². The average molecular weight is 660 g/mol. The molecule has 10 nitrogen and oxygen atoms in total. The van der Waals surface area contributed by atoms with Crippen molar-refractivity contribution < 1.29 is 14.3 Å². The zero-order valence-electron chi connectivity index (χ0n) is 25.8. The number of benzene rings is 2. The van der Waals surface area contributed by atoms with Gasteiger partial charge in [0, 0.05) is 42.4 Å². The van der Waals surface area contributed by atoms with Crippen LogP contribution in [0.3, 0.4) is 0 Å². The Morgan fingerprint density at radius 1 is 1.00 bits per heavy atom. The molecule has 0 bridgehead atoms. The molecule has 5 rings (SSSR count). The number of fused-ring (bicyclic) bond motifs is 1. The van der Waals surface area contributed by atoms with Gasteiger partial charge >= 0.3 is 0 Å². The van der Waals surface area contributed by atoms with Crippen molar-refractivity contribution in [3.8, 4) is 22.6 Å². The summed E-state index contributed by atoms with van der Waals surface area (Å²) in [5, 5.41) is 4.02. The maximum absolute atomic E-state index is 14.4. The number of aromatic nitrogens is 4. The molecule has 0 saturated carbocycles. The van der Waals surface area contributed by atoms with E-state index < -0.39 is 5.56 Å². The normalized spacial score (nSPS) is 11.4. The highest BCUT2D eigenvalue weighted by molar-refractivity contribution is 6.41. The second-order valence-corrected chi connectivity index (χ2v) is 11.5. The molecule has 0 spiro atoms. The van der Waals surface area contributed by atoms with E-state index in [9.17, 15) is 9.59 Å². The number of hydrogen-bond donors (Lipinski definition) is 1. The third-order valence-corrected chi connectivity index (χ3v) is 7.82. The highest BCUT2D eigenvalue weighted by Gasteiger charge is 2.23. The van der Waals surface area contributed by atoms with Gasteiger partial charge in [0.25, 0.3) is 5.56 Å². The minimum Gasteiger partial charge on any atom is -0.495 e. The van der Waals surface area contributed by atoms with Crippen molar-refractivity contribution >= 4 is 51.7 Å². The minimum absolute atomic E-state index is 0.0151. The van der Waals surface area contributed by atoms with E-state index in [0.29, 0.717) is 34.8 Å². The highest BCUT2D eigenvalue weighted by Crippen LogP contribution is 2.45. The van der Waals surface area contributed by atoms with Crippen LogP contribution in [0.4, 0.5) is 11.6 Å². The van der Waals surface area contributed by atoms with Crippen LogP contribution in [0.2, 0.25) is 10.0 Å². The Bertz CT molecular complexity index is 1950. The van der Waals surface area contributed by atoms with Crippen LogP contribution in [0.15, 0.2) is 84.1 Å². The second-order valence-electron chi connectivity index (χ2n) is 10.7. The fourth-order valence-electron chi connectivity index (χ4n) is 4.91. The summed E-state index contributed by atoms with van der Waals surface area (Å²) in [5.41, 5.74) is 2.77. The van der Waals surface area contributed by atoms with E-state index in [1.807, 2.05) is 55.4 Å². The molecule has 5 aromatic rings. The average Bonchev–Trinajstić information content (AvgIpc) is 3.04. The van der Waals surface area contributed by atoms with Gasteiger partial charge in [0.2, 0.25) is 5.95 Å². The van der Waals surface area contributed by atoms with Crippen LogP contribution in [-0.4, -0.2) is 65.1 Å². The summed E-state index contributed by atoms with van der Waals surface area (Å²) in [4.78, 5) is 42.3. The molecule has 0 amide bonds. The van der Waals surface area contributed by atoms with Gasteiger partial charge in [-0.3, -0.25) is 19.1 Å². The number of hydrogen-bond acceptors (Lipinski definition) is 9. The zero-order valence-corrected chi connectivity index (χ0v) is 27.3. The first-order valence-electron chi connectivity index (χ1n) is 14.3. The number of likely N-dealkylation sites (N-methyl/N-ethyl adjacent to an activating group) is 1. The molecule has 0 aliphatic rings. The van der Waals surface area contributed by atoms with Crippen LogP contribution in [0.1, 0.15) is 11.1 Å². The van der Waals surface area contributed by atoms with Gasteiger partial charge in [0.05, 0.1) is 48.3 Å². The molecule has 0 saturated heterocycles. The molecular weight excluding hydrogens is 627 g/mol. The molecule has 3 heterocycles. The summed E-state index contributed by atoms with van der Waals surface area (Å²) >= 11 is 13.5. The molecule has 0 aliphatic carbocycles. The van der Waals surface area contributed by atoms with Gasteiger partial charge < -0.3 is 19.7 Å². The Balaban J connectivity index is 1.63. The summed E-state index contributed by atoms with van der Waals surface area (Å²) in [6.07, 6.45) is 8.59. The first-order valence-corrected chi connectivity index (χ1v) is 15.0. The van der Waals surface area contributed by atoms with Crippen molar-refractivity contribution in [2.24, 2.45) is 0 Å². The zero-order chi connectivity index (χ0) is 32.8. The monoisotopic (exact) mass is 658 g/mol. The molecule has 3 aromatic heterocycles. The lowest BCUT2D eigenvalue weighted by atomic mass is 10.0. The van der Waals surface area contributed by atoms with Crippen LogP contribution in [0, 0.1) is 0 Å². The lowest BCUT2D eigenvalue weighted by Crippen LogP contribution is -2.24. The summed E-state index contributed by atoms with van der Waals surface area (Å²) < 4.78 is 12.5. The number of nitrogens with one attached hydrogen (secondary N) is 1. The largest absolute Gasteiger partial charge is 0.495 e. The number of pyridine rings is 2. The van der Waals surface area contributed by atoms with E-state index >= 15 is 0 Å². The van der Waals surface area contributed by atoms with Gasteiger partial charge in [-0.1, -0.05) is 53.5 Å². The van der Waals surface area contributed by atoms with Gasteiger partial charge in [0.1, 0.15) is 17.1 Å². The predicted molar refractivity (Wildman–Crippen MR) is 182 cm³/mol. The Kier molecular flexibility index (Phi) is 10.3. The standard InChI is InChI=1S/C34H32Cl2N6O4/c1-41(2)13-7-11-25(43)15-21-8-5-9-22(14-21)20-42-32-23(18-38-34(40-32)39-24-10-6-12-37-19-24)16-26(33(42)44)29-30(35)27(45-3)17-28(46-4)31(29)36/h5-12,14,16-19H,13,15,20H2,1-4H3,(H,38,39,40)/b11-7+. The number of ketones is 1. The number of rotatable bonds is 12. The second kappa shape index (κ2) is 14.6. The first-order chi connectivity index (χ1) is 22.2. The number of carbonyl (C=O) groups excluding carboxylic acids is 1. The fourth-order valence-corrected chi connectivity index (χ4v) is 5.61. The molecule has 236 valence electrons. The number of carbonyl (C=O) groups is 1. The van der Waals surface area contributed by atoms with Crippen molar-refractivity contribution in [3.05, 3.63) is 111 Å². The SMILES string of the molecule is COc1cc(OC)c(Cl)c(-c2cc3cnc(Nc4cccnc4)nc3n(Cc3cccc(CC(=O)/C=C/CN(C)C)c3)c2=O)c1Cl. The summed E-state index contributed by atoms with van der Waals surface area (Å²) in [6, 6.07) is 14.4. The number of anilines is 2. The quantitative estimate of drug-likeness (QED) is 0.157. The Morgan fingerprint density at radius 3 is 2.41 bits per heavy atom. The first kappa shape index (κ1) is 32.6. The molecule has 0 unspecified atom stereocenters. The third kappa shape index (κ3) is 7.37. The fraction of sp³-hybridized carbons (Fsp3) is 0.206. The molecule has 1 N–H and O–H groups in total. The lowest BCUT2D eigenvalue weighted by molar-refractivity contribution is -0.114. The molecule has 0 radical (unpaired) electrons. The Hall–Kier alpha value is -4.77. The predicted octanol–water partition coefficient (Wildman–Crippen LogP) is 6.20. The third-order valence-electron chi connectivity index (χ3n) is 7.07. The number of nitrogens with zero attached hydrogens (tertiary/aromatic N) is 5. The van der Waals surface area contributed by atoms with E-state index in [0.717, 1.165) is 11.1 Å². The van der Waals surface area contributed by atoms with Crippen LogP contribution in [0.25, 0.3) is 22.2 Å². The number of allylic oxidation sites excluding steroid dienone is 1. The van der Waals surface area contributed by atoms with E-state index in [-0.39, 0.29) is 45.9 Å². The maximum Gasteiger partial charge on any atom is 0.260 e. The van der Waals surface area contributed by atoms with E-state index in [1.165, 1.54) is 18.8 Å². The van der Waals surface area contributed by atoms with Crippen molar-refractivity contribution in [1.82, 2.24) is 24.4 Å². The lowest BCUT2D eigenvalue weighted by Gasteiger charge is -2.17. The molecular formula is C34H32Cl2N6O4. The Labute approximate surface area is 276 Å². The molecule has 0 aliphatic heterocycles. The summed E-state index contributed by atoms with van der Waals surface area (Å²) in [7, 11) is 6.82. The maximum atomic E-state index is 14.4. The molecule has 0 fully saturated rings. The van der Waals surface area contributed by atoms with Crippen molar-refractivity contribution in [2.75, 3.05) is 40.2 Å². The van der Waals surface area contributed by atoms with E-state index in [2.05, 4.69) is 15.3 Å². The van der Waals surface area contributed by atoms with Crippen LogP contribution in [-0.2, 0) is 17.8 Å². The van der Waals surface area contributed by atoms with Crippen molar-refractivity contribution in [1.29, 1.82) is 0 Å². The molecule has 2 aromatic carbocycles. The molecule has 0 atom stereocenters. The molecule has 12 heteroatoms. The number of ether oxygens (including phenoxy) is 2. The van der Waals surface area contributed by atoms with Crippen molar-refractivity contribution in [2.45, 2.75) is 13.0 Å². The number of halogens is 2. The van der Waals surface area contributed by atoms with Gasteiger partial charge in [-0.05, 0) is 49.5 Å². The van der Waals surface area contributed by atoms with Gasteiger partial charge in [-0.15, -0.1) is 0 Å². The van der Waals surface area contributed by atoms with Crippen LogP contribution in [0.5, 0.6) is 11.5 Å². The summed E-state index contributed by atoms with van der Waals surface area (Å²) in [6.45, 7) is 0.812. The highest BCUT2D eigenvalue weighted by atomic mass is 35.5. The smallest absolute Gasteiger partial charge is 0.260 e. The van der Waals surface area contributed by atoms with Crippen molar-refractivity contribution in [3.63, 3.8) is 0 Å². The minimum atomic E-state index is -0.397.